The molecule has 1 N–H and O–H groups in total. The first-order valence-corrected chi connectivity index (χ1v) is 4.61. The normalized spacial score (nSPS) is 15.9. The van der Waals surface area contributed by atoms with Crippen LogP contribution in [0.15, 0.2) is 12.1 Å². The Morgan fingerprint density at radius 3 is 2.27 bits per heavy atom. The molecular weight excluding hydrogens is 204 g/mol. The molecule has 2 rings (SSSR count). The van der Waals surface area contributed by atoms with Crippen molar-refractivity contribution in [3.8, 4) is 11.5 Å². The van der Waals surface area contributed by atoms with Crippen molar-refractivity contribution in [3.05, 3.63) is 23.8 Å². The minimum Gasteiger partial charge on any atom is -0.493 e. The second kappa shape index (κ2) is 4.02. The summed E-state index contributed by atoms with van der Waals surface area (Å²) in [6, 6.07) is 1.99. The number of methoxy groups -OCH3 is 1. The van der Waals surface area contributed by atoms with Gasteiger partial charge in [-0.1, -0.05) is 0 Å². The van der Waals surface area contributed by atoms with Crippen LogP contribution in [0.2, 0.25) is 0 Å². The molecule has 0 saturated carbocycles. The molecule has 1 aliphatic heterocycles. The fourth-order valence-corrected chi connectivity index (χ4v) is 1.29. The van der Waals surface area contributed by atoms with Crippen molar-refractivity contribution < 1.29 is 18.3 Å². The number of rotatable bonds is 3. The van der Waals surface area contributed by atoms with E-state index in [1.807, 2.05) is 0 Å². The number of hydrogen-bond acceptors (Lipinski definition) is 3. The maximum absolute atomic E-state index is 12.9. The molecule has 82 valence electrons. The fourth-order valence-electron chi connectivity index (χ4n) is 1.29. The van der Waals surface area contributed by atoms with Crippen LogP contribution < -0.4 is 14.8 Å². The molecule has 0 unspecified atom stereocenters. The van der Waals surface area contributed by atoms with E-state index in [2.05, 4.69) is 5.32 Å². The molecule has 1 aromatic carbocycles. The summed E-state index contributed by atoms with van der Waals surface area (Å²) in [6.45, 7) is 1.42. The van der Waals surface area contributed by atoms with Crippen LogP contribution >= 0.6 is 0 Å². The summed E-state index contributed by atoms with van der Waals surface area (Å²) < 4.78 is 36.1. The van der Waals surface area contributed by atoms with Gasteiger partial charge in [0.1, 0.15) is 6.10 Å². The Kier molecular flexibility index (Phi) is 2.73. The van der Waals surface area contributed by atoms with E-state index in [-0.39, 0.29) is 17.6 Å². The highest BCUT2D eigenvalue weighted by atomic mass is 19.2. The Hall–Kier alpha value is -1.36. The van der Waals surface area contributed by atoms with E-state index < -0.39 is 11.6 Å². The lowest BCUT2D eigenvalue weighted by atomic mass is 10.2. The van der Waals surface area contributed by atoms with Gasteiger partial charge in [0.2, 0.25) is 0 Å². The molecule has 0 atom stereocenters. The summed E-state index contributed by atoms with van der Waals surface area (Å²) >= 11 is 0. The van der Waals surface area contributed by atoms with E-state index >= 15 is 0 Å². The highest BCUT2D eigenvalue weighted by molar-refractivity contribution is 5.41. The lowest BCUT2D eigenvalue weighted by Gasteiger charge is -2.28. The van der Waals surface area contributed by atoms with E-state index in [4.69, 9.17) is 9.47 Å². The minimum atomic E-state index is -0.939. The highest BCUT2D eigenvalue weighted by Gasteiger charge is 2.21. The summed E-state index contributed by atoms with van der Waals surface area (Å²) in [5.41, 5.74) is 0. The molecule has 1 fully saturated rings. The molecule has 15 heavy (non-hydrogen) atoms. The van der Waals surface area contributed by atoms with Crippen LogP contribution in [0.3, 0.4) is 0 Å². The van der Waals surface area contributed by atoms with Gasteiger partial charge in [-0.25, -0.2) is 8.78 Å². The predicted octanol–water partition coefficient (Wildman–Crippen LogP) is 1.32. The lowest BCUT2D eigenvalue weighted by molar-refractivity contribution is 0.136. The van der Waals surface area contributed by atoms with E-state index in [0.717, 1.165) is 12.1 Å². The van der Waals surface area contributed by atoms with E-state index in [9.17, 15) is 8.78 Å². The van der Waals surface area contributed by atoms with E-state index in [0.29, 0.717) is 13.1 Å². The summed E-state index contributed by atoms with van der Waals surface area (Å²) in [5.74, 6) is -1.42. The number of hydrogen-bond donors (Lipinski definition) is 1. The molecule has 1 aliphatic rings. The standard InChI is InChI=1S/C10H11F2NO2/c1-14-9-2-7(11)8(12)3-10(9)15-6-4-13-5-6/h2-3,6,13H,4-5H2,1H3. The average Bonchev–Trinajstić information content (AvgIpc) is 2.16. The second-order valence-corrected chi connectivity index (χ2v) is 3.32. The summed E-state index contributed by atoms with van der Waals surface area (Å²) in [5, 5.41) is 3.01. The van der Waals surface area contributed by atoms with Crippen molar-refractivity contribution in [2.45, 2.75) is 6.10 Å². The van der Waals surface area contributed by atoms with Crippen LogP contribution in [0.25, 0.3) is 0 Å². The quantitative estimate of drug-likeness (QED) is 0.825. The second-order valence-electron chi connectivity index (χ2n) is 3.32. The Labute approximate surface area is 86.0 Å². The van der Waals surface area contributed by atoms with Crippen molar-refractivity contribution in [2.75, 3.05) is 20.2 Å². The van der Waals surface area contributed by atoms with Gasteiger partial charge >= 0.3 is 0 Å². The largest absolute Gasteiger partial charge is 0.493 e. The first-order valence-electron chi connectivity index (χ1n) is 4.61. The smallest absolute Gasteiger partial charge is 0.164 e. The zero-order chi connectivity index (χ0) is 10.8. The Morgan fingerprint density at radius 1 is 1.20 bits per heavy atom. The van der Waals surface area contributed by atoms with Gasteiger partial charge in [-0.3, -0.25) is 0 Å². The Bertz CT molecular complexity index is 367. The molecule has 0 aliphatic carbocycles. The van der Waals surface area contributed by atoms with Gasteiger partial charge in [-0.05, 0) is 0 Å². The predicted molar refractivity (Wildman–Crippen MR) is 50.2 cm³/mol. The summed E-state index contributed by atoms with van der Waals surface area (Å²) in [4.78, 5) is 0. The SMILES string of the molecule is COc1cc(F)c(F)cc1OC1CNC1. The monoisotopic (exact) mass is 215 g/mol. The van der Waals surface area contributed by atoms with Gasteiger partial charge in [0.15, 0.2) is 23.1 Å². The molecular formula is C10H11F2NO2. The van der Waals surface area contributed by atoms with Gasteiger partial charge in [0.05, 0.1) is 7.11 Å². The van der Waals surface area contributed by atoms with Crippen LogP contribution in [0, 0.1) is 11.6 Å². The zero-order valence-electron chi connectivity index (χ0n) is 8.22. The summed E-state index contributed by atoms with van der Waals surface area (Å²) in [6.07, 6.45) is 0.00348. The van der Waals surface area contributed by atoms with Crippen LogP contribution in [0.4, 0.5) is 8.78 Å². The topological polar surface area (TPSA) is 30.5 Å². The number of ether oxygens (including phenoxy) is 2. The molecule has 0 bridgehead atoms. The molecule has 0 aromatic heterocycles. The average molecular weight is 215 g/mol. The van der Waals surface area contributed by atoms with Crippen molar-refractivity contribution in [3.63, 3.8) is 0 Å². The Balaban J connectivity index is 2.23. The third kappa shape index (κ3) is 2.02. The molecule has 5 heteroatoms. The van der Waals surface area contributed by atoms with Crippen LogP contribution in [-0.2, 0) is 0 Å². The molecule has 1 heterocycles. The summed E-state index contributed by atoms with van der Waals surface area (Å²) in [7, 11) is 1.39. The Morgan fingerprint density at radius 2 is 1.80 bits per heavy atom. The first kappa shape index (κ1) is 10.2. The maximum atomic E-state index is 12.9. The van der Waals surface area contributed by atoms with Crippen LogP contribution in [0.1, 0.15) is 0 Å². The van der Waals surface area contributed by atoms with Crippen LogP contribution in [0.5, 0.6) is 11.5 Å². The van der Waals surface area contributed by atoms with Gasteiger partial charge in [-0.15, -0.1) is 0 Å². The number of halogens is 2. The molecule has 0 radical (unpaired) electrons. The lowest BCUT2D eigenvalue weighted by Crippen LogP contribution is -2.50. The minimum absolute atomic E-state index is 0.00348. The number of nitrogens with one attached hydrogen (secondary N) is 1. The van der Waals surface area contributed by atoms with E-state index in [1.165, 1.54) is 7.11 Å². The van der Waals surface area contributed by atoms with Crippen molar-refractivity contribution >= 4 is 0 Å². The van der Waals surface area contributed by atoms with Crippen molar-refractivity contribution in [2.24, 2.45) is 0 Å². The third-order valence-corrected chi connectivity index (χ3v) is 2.24. The third-order valence-electron chi connectivity index (χ3n) is 2.24. The van der Waals surface area contributed by atoms with E-state index in [1.54, 1.807) is 0 Å². The number of benzene rings is 1. The molecule has 0 spiro atoms. The molecule has 1 aromatic rings. The van der Waals surface area contributed by atoms with Crippen molar-refractivity contribution in [1.82, 2.24) is 5.32 Å². The fraction of sp³-hybridized carbons (Fsp3) is 0.400. The van der Waals surface area contributed by atoms with Crippen molar-refractivity contribution in [1.29, 1.82) is 0 Å². The zero-order valence-corrected chi connectivity index (χ0v) is 8.22. The highest BCUT2D eigenvalue weighted by Crippen LogP contribution is 2.30. The van der Waals surface area contributed by atoms with Gasteiger partial charge in [0.25, 0.3) is 0 Å². The molecule has 0 amide bonds. The van der Waals surface area contributed by atoms with Gasteiger partial charge in [-0.2, -0.15) is 0 Å². The van der Waals surface area contributed by atoms with Crippen LogP contribution in [-0.4, -0.2) is 26.3 Å². The molecule has 3 nitrogen and oxygen atoms in total. The van der Waals surface area contributed by atoms with Gasteiger partial charge in [0, 0.05) is 25.2 Å². The molecule has 1 saturated heterocycles. The first-order chi connectivity index (χ1) is 7.20. The van der Waals surface area contributed by atoms with Gasteiger partial charge < -0.3 is 14.8 Å². The maximum Gasteiger partial charge on any atom is 0.164 e.